The standard InChI is InChI=1S/C18H25NO2/c1-13-6-7-15(14(2)10-13)8-9-18(21)19-11-16-4-3-5-17(16)12-20/h6-10,16-17,20H,3-5,11-12H2,1-2H3,(H,19,21). The predicted octanol–water partition coefficient (Wildman–Crippen LogP) is 2.84. The first-order valence-corrected chi connectivity index (χ1v) is 7.74. The molecule has 1 aliphatic rings. The molecular weight excluding hydrogens is 262 g/mol. The second-order valence-corrected chi connectivity index (χ2v) is 6.07. The van der Waals surface area contributed by atoms with Gasteiger partial charge in [-0.3, -0.25) is 4.79 Å². The van der Waals surface area contributed by atoms with Gasteiger partial charge in [0.25, 0.3) is 0 Å². The molecule has 3 heteroatoms. The summed E-state index contributed by atoms with van der Waals surface area (Å²) in [6.45, 7) is 5.02. The van der Waals surface area contributed by atoms with E-state index in [-0.39, 0.29) is 12.5 Å². The third kappa shape index (κ3) is 4.43. The number of carbonyl (C=O) groups excluding carboxylic acids is 1. The Hall–Kier alpha value is -1.61. The van der Waals surface area contributed by atoms with Crippen molar-refractivity contribution in [1.82, 2.24) is 5.32 Å². The summed E-state index contributed by atoms with van der Waals surface area (Å²) in [5.74, 6) is 0.723. The molecule has 0 aliphatic heterocycles. The molecule has 0 radical (unpaired) electrons. The quantitative estimate of drug-likeness (QED) is 0.818. The number of benzene rings is 1. The minimum absolute atomic E-state index is 0.0569. The molecule has 1 aromatic rings. The van der Waals surface area contributed by atoms with Crippen molar-refractivity contribution in [2.24, 2.45) is 11.8 Å². The van der Waals surface area contributed by atoms with Crippen LogP contribution in [-0.4, -0.2) is 24.2 Å². The molecule has 2 atom stereocenters. The van der Waals surface area contributed by atoms with E-state index in [0.29, 0.717) is 18.4 Å². The molecule has 0 spiro atoms. The molecule has 2 N–H and O–H groups in total. The molecule has 2 rings (SSSR count). The highest BCUT2D eigenvalue weighted by Gasteiger charge is 2.26. The van der Waals surface area contributed by atoms with Gasteiger partial charge < -0.3 is 10.4 Å². The smallest absolute Gasteiger partial charge is 0.244 e. The Balaban J connectivity index is 1.85. The van der Waals surface area contributed by atoms with Crippen LogP contribution in [0.5, 0.6) is 0 Å². The van der Waals surface area contributed by atoms with Gasteiger partial charge in [-0.05, 0) is 55.7 Å². The Morgan fingerprint density at radius 2 is 2.10 bits per heavy atom. The maximum absolute atomic E-state index is 11.9. The molecule has 0 saturated heterocycles. The predicted molar refractivity (Wildman–Crippen MR) is 85.9 cm³/mol. The minimum Gasteiger partial charge on any atom is -0.396 e. The number of hydrogen-bond acceptors (Lipinski definition) is 2. The highest BCUT2D eigenvalue weighted by molar-refractivity contribution is 5.91. The SMILES string of the molecule is Cc1ccc(C=CC(=O)NCC2CCCC2CO)c(C)c1. The number of hydrogen-bond donors (Lipinski definition) is 2. The van der Waals surface area contributed by atoms with Gasteiger partial charge in [0.05, 0.1) is 0 Å². The van der Waals surface area contributed by atoms with Crippen LogP contribution in [0, 0.1) is 25.7 Å². The molecular formula is C18H25NO2. The first-order chi connectivity index (χ1) is 10.1. The lowest BCUT2D eigenvalue weighted by Crippen LogP contribution is -2.30. The van der Waals surface area contributed by atoms with Crippen LogP contribution in [0.15, 0.2) is 24.3 Å². The van der Waals surface area contributed by atoms with E-state index >= 15 is 0 Å². The first kappa shape index (κ1) is 15.8. The van der Waals surface area contributed by atoms with Crippen LogP contribution in [0.4, 0.5) is 0 Å². The summed E-state index contributed by atoms with van der Waals surface area (Å²) in [6.07, 6.45) is 6.80. The molecule has 1 aliphatic carbocycles. The second kappa shape index (κ2) is 7.41. The van der Waals surface area contributed by atoms with Crippen LogP contribution in [0.2, 0.25) is 0 Å². The Kier molecular flexibility index (Phi) is 5.57. The molecule has 0 aromatic heterocycles. The summed E-state index contributed by atoms with van der Waals surface area (Å²) in [5.41, 5.74) is 3.48. The Morgan fingerprint density at radius 1 is 1.33 bits per heavy atom. The topological polar surface area (TPSA) is 49.3 Å². The van der Waals surface area contributed by atoms with Crippen molar-refractivity contribution in [2.75, 3.05) is 13.2 Å². The van der Waals surface area contributed by atoms with E-state index in [0.717, 1.165) is 24.8 Å². The van der Waals surface area contributed by atoms with Crippen LogP contribution < -0.4 is 5.32 Å². The van der Waals surface area contributed by atoms with Crippen LogP contribution in [0.1, 0.15) is 36.0 Å². The fourth-order valence-corrected chi connectivity index (χ4v) is 3.09. The van der Waals surface area contributed by atoms with E-state index in [4.69, 9.17) is 0 Å². The van der Waals surface area contributed by atoms with Gasteiger partial charge in [0, 0.05) is 19.2 Å². The fraction of sp³-hybridized carbons (Fsp3) is 0.500. The average Bonchev–Trinajstić information content (AvgIpc) is 2.91. The maximum atomic E-state index is 11.9. The zero-order chi connectivity index (χ0) is 15.2. The monoisotopic (exact) mass is 287 g/mol. The van der Waals surface area contributed by atoms with Crippen LogP contribution in [0.3, 0.4) is 0 Å². The van der Waals surface area contributed by atoms with Crippen molar-refractivity contribution in [3.63, 3.8) is 0 Å². The number of carbonyl (C=O) groups is 1. The largest absolute Gasteiger partial charge is 0.396 e. The number of amides is 1. The third-order valence-electron chi connectivity index (χ3n) is 4.43. The summed E-state index contributed by atoms with van der Waals surface area (Å²) in [4.78, 5) is 11.9. The number of nitrogens with one attached hydrogen (secondary N) is 1. The van der Waals surface area contributed by atoms with Gasteiger partial charge in [-0.2, -0.15) is 0 Å². The van der Waals surface area contributed by atoms with E-state index in [1.807, 2.05) is 12.1 Å². The van der Waals surface area contributed by atoms with Crippen molar-refractivity contribution in [3.05, 3.63) is 41.0 Å². The molecule has 1 aromatic carbocycles. The summed E-state index contributed by atoms with van der Waals surface area (Å²) in [6, 6.07) is 6.20. The Labute approximate surface area is 127 Å². The van der Waals surface area contributed by atoms with Gasteiger partial charge in [-0.15, -0.1) is 0 Å². The molecule has 1 saturated carbocycles. The summed E-state index contributed by atoms with van der Waals surface area (Å²) >= 11 is 0. The summed E-state index contributed by atoms with van der Waals surface area (Å²) < 4.78 is 0. The molecule has 0 heterocycles. The van der Waals surface area contributed by atoms with Gasteiger partial charge >= 0.3 is 0 Å². The summed E-state index contributed by atoms with van der Waals surface area (Å²) in [5, 5.41) is 12.2. The van der Waals surface area contributed by atoms with Crippen molar-refractivity contribution in [3.8, 4) is 0 Å². The molecule has 21 heavy (non-hydrogen) atoms. The van der Waals surface area contributed by atoms with E-state index in [9.17, 15) is 9.90 Å². The fourth-order valence-electron chi connectivity index (χ4n) is 3.09. The van der Waals surface area contributed by atoms with Gasteiger partial charge in [0.15, 0.2) is 0 Å². The lowest BCUT2D eigenvalue weighted by molar-refractivity contribution is -0.116. The van der Waals surface area contributed by atoms with Crippen LogP contribution in [0.25, 0.3) is 6.08 Å². The van der Waals surface area contributed by atoms with Gasteiger partial charge in [0.1, 0.15) is 0 Å². The lowest BCUT2D eigenvalue weighted by atomic mass is 9.97. The Morgan fingerprint density at radius 3 is 2.81 bits per heavy atom. The maximum Gasteiger partial charge on any atom is 0.244 e. The molecule has 0 bridgehead atoms. The van der Waals surface area contributed by atoms with E-state index in [1.165, 1.54) is 11.1 Å². The lowest BCUT2D eigenvalue weighted by Gasteiger charge is -2.17. The van der Waals surface area contributed by atoms with E-state index in [1.54, 1.807) is 6.08 Å². The molecule has 2 unspecified atom stereocenters. The van der Waals surface area contributed by atoms with Gasteiger partial charge in [-0.25, -0.2) is 0 Å². The number of aliphatic hydroxyl groups excluding tert-OH is 1. The van der Waals surface area contributed by atoms with E-state index in [2.05, 4.69) is 31.3 Å². The van der Waals surface area contributed by atoms with Crippen LogP contribution >= 0.6 is 0 Å². The van der Waals surface area contributed by atoms with Crippen molar-refractivity contribution < 1.29 is 9.90 Å². The number of aliphatic hydroxyl groups is 1. The van der Waals surface area contributed by atoms with Gasteiger partial charge in [0.2, 0.25) is 5.91 Å². The highest BCUT2D eigenvalue weighted by Crippen LogP contribution is 2.30. The van der Waals surface area contributed by atoms with Crippen LogP contribution in [-0.2, 0) is 4.79 Å². The number of aryl methyl sites for hydroxylation is 2. The van der Waals surface area contributed by atoms with Gasteiger partial charge in [-0.1, -0.05) is 30.2 Å². The van der Waals surface area contributed by atoms with E-state index < -0.39 is 0 Å². The molecule has 3 nitrogen and oxygen atoms in total. The zero-order valence-corrected chi connectivity index (χ0v) is 12.9. The average molecular weight is 287 g/mol. The Bertz CT molecular complexity index is 522. The van der Waals surface area contributed by atoms with Crippen molar-refractivity contribution in [1.29, 1.82) is 0 Å². The third-order valence-corrected chi connectivity index (χ3v) is 4.43. The molecule has 1 fully saturated rings. The number of rotatable bonds is 5. The highest BCUT2D eigenvalue weighted by atomic mass is 16.3. The van der Waals surface area contributed by atoms with Crippen molar-refractivity contribution in [2.45, 2.75) is 33.1 Å². The normalized spacial score (nSPS) is 21.9. The first-order valence-electron chi connectivity index (χ1n) is 7.74. The summed E-state index contributed by atoms with van der Waals surface area (Å²) in [7, 11) is 0. The molecule has 114 valence electrons. The molecule has 1 amide bonds. The van der Waals surface area contributed by atoms with Crippen molar-refractivity contribution >= 4 is 12.0 Å². The minimum atomic E-state index is -0.0569. The second-order valence-electron chi connectivity index (χ2n) is 6.07. The zero-order valence-electron chi connectivity index (χ0n) is 12.9.